The number of carboxylic acid groups (broad SMARTS) is 1. The molecule has 1 aromatic heterocycles. The summed E-state index contributed by atoms with van der Waals surface area (Å²) in [4.78, 5) is 31.7. The number of carbonyl (C=O) groups excluding carboxylic acids is 1. The lowest BCUT2D eigenvalue weighted by molar-refractivity contribution is 0.0696. The van der Waals surface area contributed by atoms with Gasteiger partial charge in [-0.2, -0.15) is 0 Å². The van der Waals surface area contributed by atoms with Crippen LogP contribution in [0.4, 0.5) is 11.5 Å². The van der Waals surface area contributed by atoms with Crippen molar-refractivity contribution in [2.24, 2.45) is 0 Å². The van der Waals surface area contributed by atoms with E-state index in [1.54, 1.807) is 36.4 Å². The van der Waals surface area contributed by atoms with E-state index in [2.05, 4.69) is 15.3 Å². The highest BCUT2D eigenvalue weighted by Crippen LogP contribution is 2.20. The van der Waals surface area contributed by atoms with Crippen LogP contribution in [0.5, 0.6) is 0 Å². The van der Waals surface area contributed by atoms with Gasteiger partial charge in [0.25, 0.3) is 5.91 Å². The predicted octanol–water partition coefficient (Wildman–Crippen LogP) is 3.66. The van der Waals surface area contributed by atoms with Gasteiger partial charge in [-0.1, -0.05) is 30.3 Å². The second kappa shape index (κ2) is 6.79. The molecule has 1 amide bonds. The molecule has 7 nitrogen and oxygen atoms in total. The van der Waals surface area contributed by atoms with Crippen LogP contribution < -0.4 is 11.1 Å². The number of nitrogens with two attached hydrogens (primary N) is 1. The van der Waals surface area contributed by atoms with Crippen LogP contribution in [0.25, 0.3) is 11.3 Å². The van der Waals surface area contributed by atoms with E-state index < -0.39 is 11.9 Å². The number of rotatable bonds is 4. The molecule has 0 spiro atoms. The summed E-state index contributed by atoms with van der Waals surface area (Å²) in [7, 11) is 0. The van der Waals surface area contributed by atoms with Gasteiger partial charge in [0.2, 0.25) is 0 Å². The van der Waals surface area contributed by atoms with Crippen LogP contribution >= 0.6 is 0 Å². The molecular formula is C18H22N4O3. The van der Waals surface area contributed by atoms with Gasteiger partial charge in [-0.3, -0.25) is 4.79 Å². The van der Waals surface area contributed by atoms with Gasteiger partial charge in [-0.25, -0.2) is 14.8 Å². The number of nitrogens with zero attached hydrogens (tertiary/aromatic N) is 2. The Morgan fingerprint density at radius 1 is 1.08 bits per heavy atom. The van der Waals surface area contributed by atoms with Gasteiger partial charge >= 0.3 is 5.97 Å². The first kappa shape index (κ1) is 16.1. The highest BCUT2D eigenvalue weighted by atomic mass is 16.4. The molecule has 0 fully saturated rings. The molecule has 4 N–H and O–H groups in total. The van der Waals surface area contributed by atoms with E-state index in [9.17, 15) is 9.59 Å². The maximum Gasteiger partial charge on any atom is 0.335 e. The lowest BCUT2D eigenvalue weighted by atomic mass is 10.1. The van der Waals surface area contributed by atoms with Gasteiger partial charge in [-0.15, -0.1) is 0 Å². The Kier molecular flexibility index (Phi) is 4.38. The summed E-state index contributed by atoms with van der Waals surface area (Å²) in [5.74, 6) is -1.55. The number of aromatic nitrogens is 2. The zero-order chi connectivity index (χ0) is 17.8. The molecule has 0 aliphatic carbocycles. The SMILES string of the molecule is Nc1ncc(-c2cccc(C(=O)O)c2)nc1C(=O)Nc1ccccc1.[HH].[HH].[HH].[HH]. The number of carboxylic acids is 1. The van der Waals surface area contributed by atoms with Gasteiger partial charge in [0, 0.05) is 17.0 Å². The molecule has 0 saturated carbocycles. The number of aromatic carboxylic acids is 1. The van der Waals surface area contributed by atoms with Crippen LogP contribution in [-0.2, 0) is 0 Å². The van der Waals surface area contributed by atoms with Crippen molar-refractivity contribution in [3.05, 3.63) is 72.1 Å². The normalized spacial score (nSPS) is 10.2. The third-order valence-electron chi connectivity index (χ3n) is 3.45. The molecule has 0 aliphatic rings. The van der Waals surface area contributed by atoms with E-state index in [1.165, 1.54) is 18.3 Å². The Balaban J connectivity index is 0. The molecular weight excluding hydrogens is 320 g/mol. The number of amides is 1. The fourth-order valence-corrected chi connectivity index (χ4v) is 2.23. The van der Waals surface area contributed by atoms with Crippen molar-refractivity contribution in [2.75, 3.05) is 11.1 Å². The number of nitrogens with one attached hydrogen (secondary N) is 1. The fraction of sp³-hybridized carbons (Fsp3) is 0. The second-order valence-corrected chi connectivity index (χ2v) is 5.20. The zero-order valence-corrected chi connectivity index (χ0v) is 13.0. The molecule has 3 rings (SSSR count). The summed E-state index contributed by atoms with van der Waals surface area (Å²) in [5, 5.41) is 11.8. The highest BCUT2D eigenvalue weighted by molar-refractivity contribution is 6.06. The summed E-state index contributed by atoms with van der Waals surface area (Å²) >= 11 is 0. The standard InChI is InChI=1S/C18H14N4O3.4H2/c19-16-15(17(23)21-13-7-2-1-3-8-13)22-14(10-20-16)11-5-4-6-12(9-11)18(24)25;;;;/h1-10H,(H2,19,20)(H,21,23)(H,24,25);4*1H. The molecule has 0 radical (unpaired) electrons. The molecule has 2 aromatic carbocycles. The molecule has 1 heterocycles. The van der Waals surface area contributed by atoms with Gasteiger partial charge < -0.3 is 16.2 Å². The Morgan fingerprint density at radius 3 is 2.56 bits per heavy atom. The number of hydrogen-bond donors (Lipinski definition) is 3. The van der Waals surface area contributed by atoms with Crippen molar-refractivity contribution in [1.82, 2.24) is 9.97 Å². The average molecular weight is 342 g/mol. The molecule has 7 heteroatoms. The van der Waals surface area contributed by atoms with Crippen molar-refractivity contribution < 1.29 is 20.4 Å². The largest absolute Gasteiger partial charge is 0.478 e. The average Bonchev–Trinajstić information content (AvgIpc) is 2.63. The van der Waals surface area contributed by atoms with Gasteiger partial charge in [0.05, 0.1) is 17.5 Å². The van der Waals surface area contributed by atoms with E-state index in [0.29, 0.717) is 16.9 Å². The maximum atomic E-state index is 12.4. The lowest BCUT2D eigenvalue weighted by Crippen LogP contribution is -2.17. The number of para-hydroxylation sites is 1. The minimum atomic E-state index is -1.05. The molecule has 0 aliphatic heterocycles. The van der Waals surface area contributed by atoms with Crippen molar-refractivity contribution in [1.29, 1.82) is 0 Å². The van der Waals surface area contributed by atoms with Crippen molar-refractivity contribution >= 4 is 23.4 Å². The van der Waals surface area contributed by atoms with Crippen LogP contribution in [0.2, 0.25) is 0 Å². The van der Waals surface area contributed by atoms with E-state index >= 15 is 0 Å². The lowest BCUT2D eigenvalue weighted by Gasteiger charge is -2.08. The summed E-state index contributed by atoms with van der Waals surface area (Å²) in [6.07, 6.45) is 1.40. The third-order valence-corrected chi connectivity index (χ3v) is 3.45. The monoisotopic (exact) mass is 342 g/mol. The Morgan fingerprint density at radius 2 is 1.84 bits per heavy atom. The molecule has 3 aromatic rings. The van der Waals surface area contributed by atoms with E-state index in [0.717, 1.165) is 0 Å². The number of nitrogen functional groups attached to an aromatic ring is 1. The van der Waals surface area contributed by atoms with Crippen LogP contribution in [0.1, 0.15) is 26.6 Å². The maximum absolute atomic E-state index is 12.4. The molecule has 0 atom stereocenters. The second-order valence-electron chi connectivity index (χ2n) is 5.20. The summed E-state index contributed by atoms with van der Waals surface area (Å²) in [6.45, 7) is 0. The first-order valence-corrected chi connectivity index (χ1v) is 7.37. The first-order valence-electron chi connectivity index (χ1n) is 7.37. The van der Waals surface area contributed by atoms with Crippen molar-refractivity contribution in [3.63, 3.8) is 0 Å². The highest BCUT2D eigenvalue weighted by Gasteiger charge is 2.15. The van der Waals surface area contributed by atoms with Gasteiger partial charge in [0.15, 0.2) is 11.5 Å². The predicted molar refractivity (Wildman–Crippen MR) is 102 cm³/mol. The van der Waals surface area contributed by atoms with Gasteiger partial charge in [-0.05, 0) is 24.3 Å². The summed E-state index contributed by atoms with van der Waals surface area (Å²) in [6, 6.07) is 15.1. The quantitative estimate of drug-likeness (QED) is 0.666. The minimum absolute atomic E-state index is 0. The van der Waals surface area contributed by atoms with Crippen molar-refractivity contribution in [3.8, 4) is 11.3 Å². The number of carbonyl (C=O) groups is 2. The zero-order valence-electron chi connectivity index (χ0n) is 13.0. The minimum Gasteiger partial charge on any atom is -0.478 e. The van der Waals surface area contributed by atoms with Crippen LogP contribution in [-0.4, -0.2) is 27.0 Å². The molecule has 0 unspecified atom stereocenters. The number of anilines is 2. The van der Waals surface area contributed by atoms with E-state index in [-0.39, 0.29) is 22.8 Å². The summed E-state index contributed by atoms with van der Waals surface area (Å²) in [5.41, 5.74) is 7.35. The topological polar surface area (TPSA) is 118 Å². The Labute approximate surface area is 149 Å². The van der Waals surface area contributed by atoms with E-state index in [4.69, 9.17) is 10.8 Å². The van der Waals surface area contributed by atoms with Gasteiger partial charge in [0.1, 0.15) is 0 Å². The van der Waals surface area contributed by atoms with Crippen LogP contribution in [0.3, 0.4) is 0 Å². The van der Waals surface area contributed by atoms with Crippen molar-refractivity contribution in [2.45, 2.75) is 0 Å². The Hall–Kier alpha value is -3.74. The third kappa shape index (κ3) is 3.61. The fourth-order valence-electron chi connectivity index (χ4n) is 2.23. The summed E-state index contributed by atoms with van der Waals surface area (Å²) < 4.78 is 0. The molecule has 25 heavy (non-hydrogen) atoms. The molecule has 0 saturated heterocycles. The first-order chi connectivity index (χ1) is 12.0. The Bertz CT molecular complexity index is 959. The van der Waals surface area contributed by atoms with E-state index in [1.807, 2.05) is 6.07 Å². The smallest absolute Gasteiger partial charge is 0.335 e. The number of benzene rings is 2. The van der Waals surface area contributed by atoms with Crippen LogP contribution in [0.15, 0.2) is 60.8 Å². The molecule has 132 valence electrons. The van der Waals surface area contributed by atoms with Crippen LogP contribution in [0, 0.1) is 0 Å². The number of hydrogen-bond acceptors (Lipinski definition) is 5. The molecule has 0 bridgehead atoms.